The van der Waals surface area contributed by atoms with Gasteiger partial charge in [0.2, 0.25) is 0 Å². The van der Waals surface area contributed by atoms with E-state index in [0.29, 0.717) is 22.1 Å². The van der Waals surface area contributed by atoms with Crippen molar-refractivity contribution in [2.24, 2.45) is 0 Å². The molecule has 0 unspecified atom stereocenters. The molecule has 0 aliphatic rings. The van der Waals surface area contributed by atoms with Gasteiger partial charge in [-0.15, -0.1) is 0 Å². The number of anilines is 3. The highest BCUT2D eigenvalue weighted by Gasteiger charge is 2.11. The molecule has 2 aromatic rings. The number of amides is 1. The molecule has 4 N–H and O–H groups in total. The molecule has 5 nitrogen and oxygen atoms in total. The lowest BCUT2D eigenvalue weighted by Gasteiger charge is -2.09. The van der Waals surface area contributed by atoms with Crippen molar-refractivity contribution in [3.05, 3.63) is 64.3 Å². The number of carbonyl (C=O) groups is 1. The monoisotopic (exact) mass is 340 g/mol. The lowest BCUT2D eigenvalue weighted by Crippen LogP contribution is -2.15. The second-order valence-corrected chi connectivity index (χ2v) is 5.73. The van der Waals surface area contributed by atoms with Gasteiger partial charge in [-0.05, 0) is 43.7 Å². The first-order valence-corrected chi connectivity index (χ1v) is 7.59. The van der Waals surface area contributed by atoms with Gasteiger partial charge in [-0.2, -0.15) is 5.26 Å². The van der Waals surface area contributed by atoms with Gasteiger partial charge in [0, 0.05) is 17.6 Å². The Morgan fingerprint density at radius 3 is 2.54 bits per heavy atom. The molecular weight excluding hydrogens is 324 g/mol. The molecule has 2 rings (SSSR count). The fraction of sp³-hybridized carbons (Fsp3) is 0.111. The second-order valence-electron chi connectivity index (χ2n) is 5.33. The van der Waals surface area contributed by atoms with Crippen molar-refractivity contribution in [2.75, 3.05) is 16.4 Å². The highest BCUT2D eigenvalue weighted by Crippen LogP contribution is 2.24. The molecule has 2 aromatic carbocycles. The largest absolute Gasteiger partial charge is 0.399 e. The number of nitriles is 1. The predicted molar refractivity (Wildman–Crippen MR) is 97.7 cm³/mol. The molecule has 0 heterocycles. The minimum atomic E-state index is -0.497. The molecule has 0 saturated heterocycles. The molecule has 0 radical (unpaired) electrons. The number of hydrogen-bond donors (Lipinski definition) is 3. The second kappa shape index (κ2) is 7.53. The molecule has 24 heavy (non-hydrogen) atoms. The van der Waals surface area contributed by atoms with Crippen molar-refractivity contribution in [2.45, 2.75) is 13.8 Å². The highest BCUT2D eigenvalue weighted by molar-refractivity contribution is 6.33. The van der Waals surface area contributed by atoms with Crippen LogP contribution in [0.15, 0.2) is 48.2 Å². The van der Waals surface area contributed by atoms with Crippen LogP contribution in [0.3, 0.4) is 0 Å². The van der Waals surface area contributed by atoms with Crippen LogP contribution < -0.4 is 16.4 Å². The maximum absolute atomic E-state index is 12.2. The predicted octanol–water partition coefficient (Wildman–Crippen LogP) is 4.00. The van der Waals surface area contributed by atoms with Gasteiger partial charge in [0.25, 0.3) is 5.91 Å². The summed E-state index contributed by atoms with van der Waals surface area (Å²) in [7, 11) is 0. The number of carbonyl (C=O) groups excluding carboxylic acids is 1. The van der Waals surface area contributed by atoms with E-state index in [1.54, 1.807) is 18.2 Å². The van der Waals surface area contributed by atoms with Crippen LogP contribution in [0.1, 0.15) is 11.1 Å². The van der Waals surface area contributed by atoms with Crippen LogP contribution in [0.25, 0.3) is 0 Å². The maximum atomic E-state index is 12.2. The average molecular weight is 341 g/mol. The van der Waals surface area contributed by atoms with E-state index in [1.165, 1.54) is 6.20 Å². The van der Waals surface area contributed by atoms with Crippen LogP contribution in [0.5, 0.6) is 0 Å². The molecule has 6 heteroatoms. The maximum Gasteiger partial charge on any atom is 0.267 e. The zero-order chi connectivity index (χ0) is 17.7. The standard InChI is InChI=1S/C18H17ClN4O/c1-11-3-5-16(12(2)7-11)23-18(24)13(9-20)10-22-17-6-4-14(21)8-15(17)19/h3-8,10,22H,21H2,1-2H3,(H,23,24)/b13-10-. The van der Waals surface area contributed by atoms with E-state index in [0.717, 1.165) is 11.1 Å². The Labute approximate surface area is 145 Å². The fourth-order valence-corrected chi connectivity index (χ4v) is 2.33. The summed E-state index contributed by atoms with van der Waals surface area (Å²) in [5, 5.41) is 15.2. The SMILES string of the molecule is Cc1ccc(NC(=O)/C(C#N)=C\Nc2ccc(N)cc2Cl)c(C)c1. The number of nitrogens with zero attached hydrogens (tertiary/aromatic N) is 1. The van der Waals surface area contributed by atoms with Crippen LogP contribution in [0.2, 0.25) is 5.02 Å². The van der Waals surface area contributed by atoms with Crippen LogP contribution in [0.4, 0.5) is 17.1 Å². The Kier molecular flexibility index (Phi) is 5.46. The zero-order valence-corrected chi connectivity index (χ0v) is 14.1. The Morgan fingerprint density at radius 2 is 1.92 bits per heavy atom. The first kappa shape index (κ1) is 17.4. The average Bonchev–Trinajstić information content (AvgIpc) is 2.52. The summed E-state index contributed by atoms with van der Waals surface area (Å²) in [5.41, 5.74) is 9.33. The Hall–Kier alpha value is -2.97. The van der Waals surface area contributed by atoms with Crippen LogP contribution >= 0.6 is 11.6 Å². The number of halogens is 1. The summed E-state index contributed by atoms with van der Waals surface area (Å²) in [6, 6.07) is 12.5. The van der Waals surface area contributed by atoms with Gasteiger partial charge in [-0.25, -0.2) is 0 Å². The molecular formula is C18H17ClN4O. The lowest BCUT2D eigenvalue weighted by atomic mass is 10.1. The topological polar surface area (TPSA) is 90.9 Å². The molecule has 0 fully saturated rings. The molecule has 0 aromatic heterocycles. The van der Waals surface area contributed by atoms with Crippen LogP contribution in [-0.2, 0) is 4.79 Å². The molecule has 0 spiro atoms. The normalized spacial score (nSPS) is 10.8. The van der Waals surface area contributed by atoms with Crippen molar-refractivity contribution in [1.29, 1.82) is 5.26 Å². The Balaban J connectivity index is 2.15. The van der Waals surface area contributed by atoms with E-state index in [2.05, 4.69) is 10.6 Å². The first-order chi connectivity index (χ1) is 11.4. The van der Waals surface area contributed by atoms with Gasteiger partial charge in [0.15, 0.2) is 0 Å². The van der Waals surface area contributed by atoms with Crippen molar-refractivity contribution in [1.82, 2.24) is 0 Å². The number of nitrogen functional groups attached to an aromatic ring is 1. The first-order valence-electron chi connectivity index (χ1n) is 7.21. The van der Waals surface area contributed by atoms with E-state index in [-0.39, 0.29) is 5.57 Å². The third-order valence-corrected chi connectivity index (χ3v) is 3.67. The van der Waals surface area contributed by atoms with Gasteiger partial charge in [0.05, 0.1) is 10.7 Å². The van der Waals surface area contributed by atoms with E-state index < -0.39 is 5.91 Å². The van der Waals surface area contributed by atoms with Gasteiger partial charge < -0.3 is 16.4 Å². The van der Waals surface area contributed by atoms with Gasteiger partial charge in [-0.3, -0.25) is 4.79 Å². The number of rotatable bonds is 4. The van der Waals surface area contributed by atoms with Crippen molar-refractivity contribution >= 4 is 34.6 Å². The molecule has 0 bridgehead atoms. The van der Waals surface area contributed by atoms with Crippen molar-refractivity contribution < 1.29 is 4.79 Å². The molecule has 122 valence electrons. The third-order valence-electron chi connectivity index (χ3n) is 3.36. The molecule has 1 amide bonds. The molecule has 0 aliphatic carbocycles. The number of aryl methyl sites for hydroxylation is 2. The summed E-state index contributed by atoms with van der Waals surface area (Å²) in [6.07, 6.45) is 1.32. The minimum absolute atomic E-state index is 0.0668. The van der Waals surface area contributed by atoms with Crippen molar-refractivity contribution in [3.63, 3.8) is 0 Å². The number of nitrogens with one attached hydrogen (secondary N) is 2. The third kappa shape index (κ3) is 4.28. The van der Waals surface area contributed by atoms with Gasteiger partial charge in [0.1, 0.15) is 11.6 Å². The molecule has 0 saturated carbocycles. The summed E-state index contributed by atoms with van der Waals surface area (Å²) in [6.45, 7) is 3.87. The Bertz CT molecular complexity index is 853. The zero-order valence-electron chi connectivity index (χ0n) is 13.4. The van der Waals surface area contributed by atoms with Gasteiger partial charge in [-0.1, -0.05) is 29.3 Å². The van der Waals surface area contributed by atoms with Gasteiger partial charge >= 0.3 is 0 Å². The lowest BCUT2D eigenvalue weighted by molar-refractivity contribution is -0.112. The van der Waals surface area contributed by atoms with Crippen LogP contribution in [-0.4, -0.2) is 5.91 Å². The number of nitrogens with two attached hydrogens (primary N) is 1. The molecule has 0 aliphatic heterocycles. The summed E-state index contributed by atoms with van der Waals surface area (Å²) < 4.78 is 0. The number of hydrogen-bond acceptors (Lipinski definition) is 4. The van der Waals surface area contributed by atoms with E-state index in [1.807, 2.05) is 38.1 Å². The van der Waals surface area contributed by atoms with E-state index in [9.17, 15) is 10.1 Å². The number of benzene rings is 2. The molecule has 0 atom stereocenters. The quantitative estimate of drug-likeness (QED) is 0.445. The highest BCUT2D eigenvalue weighted by atomic mass is 35.5. The van der Waals surface area contributed by atoms with Crippen LogP contribution in [0, 0.1) is 25.2 Å². The summed E-state index contributed by atoms with van der Waals surface area (Å²) in [5.74, 6) is -0.497. The summed E-state index contributed by atoms with van der Waals surface area (Å²) in [4.78, 5) is 12.2. The minimum Gasteiger partial charge on any atom is -0.399 e. The van der Waals surface area contributed by atoms with Crippen molar-refractivity contribution in [3.8, 4) is 6.07 Å². The smallest absolute Gasteiger partial charge is 0.267 e. The summed E-state index contributed by atoms with van der Waals surface area (Å²) >= 11 is 6.05. The van der Waals surface area contributed by atoms with E-state index >= 15 is 0 Å². The Morgan fingerprint density at radius 1 is 1.21 bits per heavy atom. The van der Waals surface area contributed by atoms with E-state index in [4.69, 9.17) is 17.3 Å². The fourth-order valence-electron chi connectivity index (χ4n) is 2.09.